The van der Waals surface area contributed by atoms with E-state index in [1.54, 1.807) is 7.11 Å². The predicted octanol–water partition coefficient (Wildman–Crippen LogP) is 3.81. The zero-order valence-electron chi connectivity index (χ0n) is 22.3. The van der Waals surface area contributed by atoms with Gasteiger partial charge in [-0.15, -0.1) is 0 Å². The van der Waals surface area contributed by atoms with Crippen molar-refractivity contribution in [2.75, 3.05) is 48.8 Å². The number of aromatic nitrogens is 3. The van der Waals surface area contributed by atoms with Crippen LogP contribution < -0.4 is 31.0 Å². The summed E-state index contributed by atoms with van der Waals surface area (Å²) < 4.78 is 5.75. The molecule has 6 N–H and O–H groups in total. The Bertz CT molecular complexity index is 1460. The molecule has 0 spiro atoms. The van der Waals surface area contributed by atoms with Crippen molar-refractivity contribution in [1.82, 2.24) is 14.9 Å². The molecule has 1 aliphatic heterocycles. The lowest BCUT2D eigenvalue weighted by molar-refractivity contribution is -0.333. The van der Waals surface area contributed by atoms with Gasteiger partial charge in [0.25, 0.3) is 5.91 Å². The average molecular weight is 516 g/mol. The fourth-order valence-electron chi connectivity index (χ4n) is 4.97. The van der Waals surface area contributed by atoms with E-state index in [0.29, 0.717) is 29.1 Å². The van der Waals surface area contributed by atoms with Crippen molar-refractivity contribution < 1.29 is 14.5 Å². The van der Waals surface area contributed by atoms with Crippen LogP contribution in [0, 0.1) is 6.92 Å². The SMILES string of the molecule is COc1cc(N2CCN(C(C)C)CC2)ccc1Nc1nc(Nc2cccc(C)c2C(N)=O)c2cc[nH]c2[nH+]1. The van der Waals surface area contributed by atoms with Crippen molar-refractivity contribution in [2.45, 2.75) is 26.8 Å². The first-order valence-corrected chi connectivity index (χ1v) is 12.8. The van der Waals surface area contributed by atoms with Crippen molar-refractivity contribution >= 4 is 45.8 Å². The van der Waals surface area contributed by atoms with Gasteiger partial charge in [0.15, 0.2) is 5.75 Å². The molecule has 2 aromatic carbocycles. The molecule has 4 aromatic rings. The molecule has 1 aliphatic rings. The van der Waals surface area contributed by atoms with Crippen molar-refractivity contribution in [3.63, 3.8) is 0 Å². The van der Waals surface area contributed by atoms with E-state index in [9.17, 15) is 4.79 Å². The Morgan fingerprint density at radius 3 is 2.61 bits per heavy atom. The lowest BCUT2D eigenvalue weighted by Gasteiger charge is -2.38. The van der Waals surface area contributed by atoms with E-state index in [1.807, 2.05) is 43.5 Å². The number of primary amides is 1. The van der Waals surface area contributed by atoms with Gasteiger partial charge in [0.2, 0.25) is 11.5 Å². The van der Waals surface area contributed by atoms with Crippen LogP contribution in [0.2, 0.25) is 0 Å². The number of carbonyl (C=O) groups is 1. The minimum absolute atomic E-state index is 0.437. The highest BCUT2D eigenvalue weighted by Gasteiger charge is 2.22. The quantitative estimate of drug-likeness (QED) is 0.281. The molecular weight excluding hydrogens is 480 g/mol. The second-order valence-corrected chi connectivity index (χ2v) is 9.81. The number of ether oxygens (including phenoxy) is 1. The molecule has 0 radical (unpaired) electrons. The number of benzene rings is 2. The van der Waals surface area contributed by atoms with Crippen molar-refractivity contribution in [3.8, 4) is 5.75 Å². The molecule has 1 fully saturated rings. The highest BCUT2D eigenvalue weighted by Crippen LogP contribution is 2.33. The van der Waals surface area contributed by atoms with Gasteiger partial charge in [-0.25, -0.2) is 4.98 Å². The zero-order valence-corrected chi connectivity index (χ0v) is 22.3. The van der Waals surface area contributed by atoms with E-state index in [-0.39, 0.29) is 0 Å². The molecule has 0 unspecified atom stereocenters. The summed E-state index contributed by atoms with van der Waals surface area (Å²) in [5.74, 6) is 1.31. The molecule has 0 bridgehead atoms. The van der Waals surface area contributed by atoms with Crippen LogP contribution in [0.1, 0.15) is 29.8 Å². The number of H-pyrrole nitrogens is 2. The summed E-state index contributed by atoms with van der Waals surface area (Å²) in [5, 5.41) is 7.51. The molecule has 0 saturated carbocycles. The van der Waals surface area contributed by atoms with Gasteiger partial charge in [-0.2, -0.15) is 0 Å². The minimum Gasteiger partial charge on any atom is -0.493 e. The summed E-state index contributed by atoms with van der Waals surface area (Å²) in [6, 6.07) is 14.2. The molecule has 5 rings (SSSR count). The van der Waals surface area contributed by atoms with Crippen LogP contribution in [0.15, 0.2) is 48.7 Å². The molecule has 10 nitrogen and oxygen atoms in total. The van der Waals surface area contributed by atoms with Crippen LogP contribution in [-0.2, 0) is 0 Å². The average Bonchev–Trinajstić information content (AvgIpc) is 3.38. The number of nitrogens with two attached hydrogens (primary N) is 1. The fraction of sp³-hybridized carbons (Fsp3) is 0.321. The molecule has 3 heterocycles. The lowest BCUT2D eigenvalue weighted by atomic mass is 10.1. The Morgan fingerprint density at radius 1 is 1.11 bits per heavy atom. The van der Waals surface area contributed by atoms with Gasteiger partial charge in [-0.3, -0.25) is 20.0 Å². The first-order valence-electron chi connectivity index (χ1n) is 12.8. The van der Waals surface area contributed by atoms with Gasteiger partial charge < -0.3 is 20.7 Å². The zero-order chi connectivity index (χ0) is 26.8. The molecule has 1 amide bonds. The standard InChI is InChI=1S/C28H34N8O2/c1-17(2)35-12-14-36(15-13-35)19-8-9-21(23(16-19)38-4)32-28-33-26-20(10-11-30-26)27(34-28)31-22-7-5-6-18(3)24(22)25(29)37/h5-11,16-17H,12-15H2,1-4H3,(H2,29,37)(H3,30,31,32,33,34)/p+1. The summed E-state index contributed by atoms with van der Waals surface area (Å²) in [6.07, 6.45) is 1.83. The van der Waals surface area contributed by atoms with Crippen LogP contribution in [0.3, 0.4) is 0 Å². The number of hydrogen-bond donors (Lipinski definition) is 4. The maximum atomic E-state index is 12.1. The summed E-state index contributed by atoms with van der Waals surface area (Å²) >= 11 is 0. The number of aromatic amines is 2. The van der Waals surface area contributed by atoms with E-state index in [1.165, 1.54) is 0 Å². The van der Waals surface area contributed by atoms with E-state index < -0.39 is 5.91 Å². The number of nitrogens with one attached hydrogen (secondary N) is 4. The third-order valence-corrected chi connectivity index (χ3v) is 7.09. The fourth-order valence-corrected chi connectivity index (χ4v) is 4.97. The molecular formula is C28H35N8O2+. The van der Waals surface area contributed by atoms with E-state index >= 15 is 0 Å². The highest BCUT2D eigenvalue weighted by molar-refractivity contribution is 6.01. The summed E-state index contributed by atoms with van der Waals surface area (Å²) in [5.41, 5.74) is 10.2. The van der Waals surface area contributed by atoms with Crippen molar-refractivity contribution in [1.29, 1.82) is 0 Å². The molecule has 10 heteroatoms. The number of piperazine rings is 1. The van der Waals surface area contributed by atoms with E-state index in [2.05, 4.69) is 56.4 Å². The Balaban J connectivity index is 1.42. The Hall–Kier alpha value is -4.31. The molecule has 1 saturated heterocycles. The monoisotopic (exact) mass is 515 g/mol. The van der Waals surface area contributed by atoms with Gasteiger partial charge in [0, 0.05) is 50.2 Å². The number of anilines is 5. The third kappa shape index (κ3) is 5.08. The van der Waals surface area contributed by atoms with Gasteiger partial charge in [0.05, 0.1) is 23.7 Å². The molecule has 198 valence electrons. The second kappa shape index (κ2) is 10.6. The molecule has 38 heavy (non-hydrogen) atoms. The van der Waals surface area contributed by atoms with Crippen LogP contribution in [0.4, 0.5) is 28.8 Å². The van der Waals surface area contributed by atoms with Crippen LogP contribution in [0.5, 0.6) is 5.75 Å². The second-order valence-electron chi connectivity index (χ2n) is 9.81. The van der Waals surface area contributed by atoms with Gasteiger partial charge >= 0.3 is 5.95 Å². The van der Waals surface area contributed by atoms with Crippen LogP contribution in [-0.4, -0.2) is 60.1 Å². The number of rotatable bonds is 8. The number of nitrogens with zero attached hydrogens (tertiary/aromatic N) is 3. The van der Waals surface area contributed by atoms with Gasteiger partial charge in [-0.05, 0) is 50.6 Å². The normalized spacial score (nSPS) is 14.2. The smallest absolute Gasteiger partial charge is 0.351 e. The first-order chi connectivity index (χ1) is 18.3. The molecule has 0 aliphatic carbocycles. The number of hydrogen-bond acceptors (Lipinski definition) is 7. The van der Waals surface area contributed by atoms with Crippen molar-refractivity contribution in [2.24, 2.45) is 5.73 Å². The largest absolute Gasteiger partial charge is 0.493 e. The Morgan fingerprint density at radius 2 is 1.89 bits per heavy atom. The highest BCUT2D eigenvalue weighted by atomic mass is 16.5. The van der Waals surface area contributed by atoms with E-state index in [0.717, 1.165) is 59.9 Å². The van der Waals surface area contributed by atoms with Crippen LogP contribution >= 0.6 is 0 Å². The van der Waals surface area contributed by atoms with Gasteiger partial charge in [-0.1, -0.05) is 17.1 Å². The first kappa shape index (κ1) is 25.3. The topological polar surface area (TPSA) is 126 Å². The summed E-state index contributed by atoms with van der Waals surface area (Å²) in [6.45, 7) is 10.4. The maximum absolute atomic E-state index is 12.1. The molecule has 0 atom stereocenters. The predicted molar refractivity (Wildman–Crippen MR) is 151 cm³/mol. The minimum atomic E-state index is -0.493. The molecule has 2 aromatic heterocycles. The third-order valence-electron chi connectivity index (χ3n) is 7.09. The number of fused-ring (bicyclic) bond motifs is 1. The summed E-state index contributed by atoms with van der Waals surface area (Å²) in [4.78, 5) is 28.3. The maximum Gasteiger partial charge on any atom is 0.351 e. The van der Waals surface area contributed by atoms with Crippen LogP contribution in [0.25, 0.3) is 11.0 Å². The number of methoxy groups -OCH3 is 1. The lowest BCUT2D eigenvalue weighted by Crippen LogP contribution is -2.48. The van der Waals surface area contributed by atoms with Crippen molar-refractivity contribution in [3.05, 3.63) is 59.8 Å². The number of aryl methyl sites for hydroxylation is 1. The number of carbonyl (C=O) groups excluding carboxylic acids is 1. The summed E-state index contributed by atoms with van der Waals surface area (Å²) in [7, 11) is 1.67. The Kier molecular flexibility index (Phi) is 7.06. The van der Waals surface area contributed by atoms with Gasteiger partial charge in [0.1, 0.15) is 5.69 Å². The number of amides is 1. The van der Waals surface area contributed by atoms with E-state index in [4.69, 9.17) is 15.5 Å². The Labute approximate surface area is 222 Å².